The molecule has 3 atom stereocenters. The molecule has 1 aromatic heterocycles. The zero-order valence-corrected chi connectivity index (χ0v) is 12.1. The standard InChI is InChI=1S/C16H21ClN2/c17-15-12-4-2-1-3-5-14(12)18-16(19-15)13-9-10-6-7-11(13)8-10/h10-11,13H,1-9H2. The van der Waals surface area contributed by atoms with Crippen molar-refractivity contribution in [2.75, 3.05) is 0 Å². The van der Waals surface area contributed by atoms with E-state index < -0.39 is 0 Å². The molecular weight excluding hydrogens is 256 g/mol. The minimum atomic E-state index is 0.602. The van der Waals surface area contributed by atoms with Gasteiger partial charge in [-0.25, -0.2) is 9.97 Å². The summed E-state index contributed by atoms with van der Waals surface area (Å²) in [6.07, 6.45) is 11.5. The van der Waals surface area contributed by atoms with Crippen molar-refractivity contribution in [1.82, 2.24) is 9.97 Å². The lowest BCUT2D eigenvalue weighted by molar-refractivity contribution is 0.404. The van der Waals surface area contributed by atoms with Crippen LogP contribution in [-0.4, -0.2) is 9.97 Å². The van der Waals surface area contributed by atoms with Crippen molar-refractivity contribution in [3.05, 3.63) is 22.2 Å². The van der Waals surface area contributed by atoms with Crippen LogP contribution in [0.3, 0.4) is 0 Å². The van der Waals surface area contributed by atoms with Gasteiger partial charge in [0.2, 0.25) is 0 Å². The number of nitrogens with zero attached hydrogens (tertiary/aromatic N) is 2. The molecule has 4 rings (SSSR count). The van der Waals surface area contributed by atoms with E-state index in [1.54, 1.807) is 0 Å². The van der Waals surface area contributed by atoms with E-state index in [2.05, 4.69) is 4.98 Å². The van der Waals surface area contributed by atoms with E-state index in [0.717, 1.165) is 35.7 Å². The van der Waals surface area contributed by atoms with Crippen molar-refractivity contribution in [3.8, 4) is 0 Å². The fraction of sp³-hybridized carbons (Fsp3) is 0.750. The third-order valence-corrected chi connectivity index (χ3v) is 5.78. The van der Waals surface area contributed by atoms with Crippen LogP contribution < -0.4 is 0 Å². The predicted octanol–water partition coefficient (Wildman–Crippen LogP) is 4.30. The highest BCUT2D eigenvalue weighted by Gasteiger charge is 2.41. The number of hydrogen-bond acceptors (Lipinski definition) is 2. The topological polar surface area (TPSA) is 25.8 Å². The summed E-state index contributed by atoms with van der Waals surface area (Å²) in [4.78, 5) is 9.62. The maximum atomic E-state index is 6.45. The van der Waals surface area contributed by atoms with Crippen LogP contribution in [0.4, 0.5) is 0 Å². The third kappa shape index (κ3) is 2.08. The summed E-state index contributed by atoms with van der Waals surface area (Å²) < 4.78 is 0. The van der Waals surface area contributed by atoms with E-state index in [-0.39, 0.29) is 0 Å². The van der Waals surface area contributed by atoms with Gasteiger partial charge < -0.3 is 0 Å². The predicted molar refractivity (Wildman–Crippen MR) is 76.5 cm³/mol. The summed E-state index contributed by atoms with van der Waals surface area (Å²) in [5.41, 5.74) is 2.50. The highest BCUT2D eigenvalue weighted by molar-refractivity contribution is 6.30. The van der Waals surface area contributed by atoms with Gasteiger partial charge in [0.1, 0.15) is 11.0 Å². The molecule has 102 valence electrons. The van der Waals surface area contributed by atoms with Gasteiger partial charge in [-0.2, -0.15) is 0 Å². The number of aromatic nitrogens is 2. The molecule has 19 heavy (non-hydrogen) atoms. The summed E-state index contributed by atoms with van der Waals surface area (Å²) in [5.74, 6) is 3.45. The minimum Gasteiger partial charge on any atom is -0.237 e. The molecule has 1 aromatic rings. The molecule has 2 nitrogen and oxygen atoms in total. The smallest absolute Gasteiger partial charge is 0.136 e. The maximum absolute atomic E-state index is 6.45. The van der Waals surface area contributed by atoms with Crippen molar-refractivity contribution >= 4 is 11.6 Å². The van der Waals surface area contributed by atoms with E-state index >= 15 is 0 Å². The number of aryl methyl sites for hydroxylation is 1. The molecule has 0 radical (unpaired) electrons. The molecule has 2 saturated carbocycles. The molecule has 2 bridgehead atoms. The average molecular weight is 277 g/mol. The Morgan fingerprint density at radius 2 is 1.84 bits per heavy atom. The maximum Gasteiger partial charge on any atom is 0.136 e. The van der Waals surface area contributed by atoms with E-state index in [1.807, 2.05) is 0 Å². The molecule has 1 heterocycles. The first-order valence-electron chi connectivity index (χ1n) is 7.86. The zero-order chi connectivity index (χ0) is 12.8. The fourth-order valence-electron chi connectivity index (χ4n) is 4.47. The van der Waals surface area contributed by atoms with Crippen molar-refractivity contribution in [3.63, 3.8) is 0 Å². The molecule has 0 aromatic carbocycles. The van der Waals surface area contributed by atoms with E-state index in [9.17, 15) is 0 Å². The third-order valence-electron chi connectivity index (χ3n) is 5.47. The molecule has 3 aliphatic rings. The lowest BCUT2D eigenvalue weighted by Crippen LogP contribution is -2.14. The Morgan fingerprint density at radius 3 is 2.63 bits per heavy atom. The lowest BCUT2D eigenvalue weighted by Gasteiger charge is -2.21. The van der Waals surface area contributed by atoms with Crippen molar-refractivity contribution in [1.29, 1.82) is 0 Å². The Bertz CT molecular complexity index is 500. The molecule has 3 heteroatoms. The van der Waals surface area contributed by atoms with Gasteiger partial charge in [-0.05, 0) is 56.8 Å². The normalized spacial score (nSPS) is 33.2. The van der Waals surface area contributed by atoms with Gasteiger partial charge in [0.25, 0.3) is 0 Å². The molecule has 2 fully saturated rings. The van der Waals surface area contributed by atoms with E-state index in [1.165, 1.54) is 56.2 Å². The molecule has 3 aliphatic carbocycles. The molecule has 0 aliphatic heterocycles. The Morgan fingerprint density at radius 1 is 0.947 bits per heavy atom. The van der Waals surface area contributed by atoms with Crippen LogP contribution >= 0.6 is 11.6 Å². The number of hydrogen-bond donors (Lipinski definition) is 0. The lowest BCUT2D eigenvalue weighted by atomic mass is 9.88. The first-order chi connectivity index (χ1) is 9.31. The quantitative estimate of drug-likeness (QED) is 0.564. The van der Waals surface area contributed by atoms with Crippen LogP contribution in [0.5, 0.6) is 0 Å². The molecular formula is C16H21ClN2. The van der Waals surface area contributed by atoms with Crippen molar-refractivity contribution in [2.45, 2.75) is 63.7 Å². The molecule has 0 saturated heterocycles. The van der Waals surface area contributed by atoms with Gasteiger partial charge >= 0.3 is 0 Å². The summed E-state index contributed by atoms with van der Waals surface area (Å²) in [5, 5.41) is 0.754. The number of fused-ring (bicyclic) bond motifs is 3. The van der Waals surface area contributed by atoms with Crippen LogP contribution in [0.1, 0.15) is 67.9 Å². The summed E-state index contributed by atoms with van der Waals surface area (Å²) in [6, 6.07) is 0. The van der Waals surface area contributed by atoms with Crippen LogP contribution in [0.15, 0.2) is 0 Å². The summed E-state index contributed by atoms with van der Waals surface area (Å²) >= 11 is 6.45. The van der Waals surface area contributed by atoms with Gasteiger partial charge in [0, 0.05) is 17.2 Å². The molecule has 0 amide bonds. The molecule has 0 N–H and O–H groups in total. The van der Waals surface area contributed by atoms with Crippen molar-refractivity contribution < 1.29 is 0 Å². The van der Waals surface area contributed by atoms with Gasteiger partial charge in [0.05, 0.1) is 0 Å². The van der Waals surface area contributed by atoms with Gasteiger partial charge in [-0.15, -0.1) is 0 Å². The second kappa shape index (κ2) is 4.73. The number of halogens is 1. The Labute approximate surface area is 120 Å². The summed E-state index contributed by atoms with van der Waals surface area (Å²) in [7, 11) is 0. The molecule has 3 unspecified atom stereocenters. The Balaban J connectivity index is 1.70. The van der Waals surface area contributed by atoms with E-state index in [4.69, 9.17) is 16.6 Å². The number of rotatable bonds is 1. The first-order valence-corrected chi connectivity index (χ1v) is 8.24. The van der Waals surface area contributed by atoms with Crippen LogP contribution in [0, 0.1) is 11.8 Å². The van der Waals surface area contributed by atoms with E-state index in [0.29, 0.717) is 5.92 Å². The second-order valence-electron chi connectivity index (χ2n) is 6.64. The largest absolute Gasteiger partial charge is 0.237 e. The zero-order valence-electron chi connectivity index (χ0n) is 11.4. The highest BCUT2D eigenvalue weighted by Crippen LogP contribution is 2.52. The van der Waals surface area contributed by atoms with Crippen LogP contribution in [-0.2, 0) is 12.8 Å². The Hall–Kier alpha value is -0.630. The van der Waals surface area contributed by atoms with Crippen LogP contribution in [0.2, 0.25) is 5.15 Å². The fourth-order valence-corrected chi connectivity index (χ4v) is 4.76. The van der Waals surface area contributed by atoms with Crippen LogP contribution in [0.25, 0.3) is 0 Å². The average Bonchev–Trinajstić information content (AvgIpc) is 2.95. The highest BCUT2D eigenvalue weighted by atomic mass is 35.5. The second-order valence-corrected chi connectivity index (χ2v) is 7.00. The summed E-state index contributed by atoms with van der Waals surface area (Å²) in [6.45, 7) is 0. The SMILES string of the molecule is Clc1nc(C2CC3CCC2C3)nc2c1CCCCC2. The minimum absolute atomic E-state index is 0.602. The Kier molecular flexibility index (Phi) is 3.02. The molecule has 0 spiro atoms. The monoisotopic (exact) mass is 276 g/mol. The van der Waals surface area contributed by atoms with Gasteiger partial charge in [0.15, 0.2) is 0 Å². The van der Waals surface area contributed by atoms with Gasteiger partial charge in [-0.3, -0.25) is 0 Å². The first kappa shape index (κ1) is 12.1. The van der Waals surface area contributed by atoms with Crippen molar-refractivity contribution in [2.24, 2.45) is 11.8 Å². The van der Waals surface area contributed by atoms with Gasteiger partial charge in [-0.1, -0.05) is 24.4 Å².